The third kappa shape index (κ3) is 2.43. The van der Waals surface area contributed by atoms with Crippen LogP contribution < -0.4 is 0 Å². The van der Waals surface area contributed by atoms with Crippen LogP contribution >= 0.6 is 0 Å². The van der Waals surface area contributed by atoms with E-state index in [1.165, 1.54) is 28.8 Å². The number of likely N-dealkylation sites (N-methyl/N-ethyl adjacent to an activating group) is 1. The zero-order valence-electron chi connectivity index (χ0n) is 17.2. The minimum Gasteiger partial charge on any atom is -0.305 e. The number of hydrogen-bond acceptors (Lipinski definition) is 2. The SMILES string of the molecule is Cc1cc2c(cnn2-c2ccc(F)cc2)cc1[C@]12CN(C)C[C@H]1[C@@H]2c1ccccc1. The van der Waals surface area contributed by atoms with Gasteiger partial charge in [-0.3, -0.25) is 0 Å². The predicted molar refractivity (Wildman–Crippen MR) is 118 cm³/mol. The molecule has 0 unspecified atom stereocenters. The summed E-state index contributed by atoms with van der Waals surface area (Å²) in [4.78, 5) is 2.47. The summed E-state index contributed by atoms with van der Waals surface area (Å²) < 4.78 is 15.3. The van der Waals surface area contributed by atoms with Gasteiger partial charge in [0.2, 0.25) is 0 Å². The van der Waals surface area contributed by atoms with Crippen LogP contribution in [0.2, 0.25) is 0 Å². The molecule has 0 bridgehead atoms. The second-order valence-electron chi connectivity index (χ2n) is 8.99. The molecule has 0 N–H and O–H groups in total. The van der Waals surface area contributed by atoms with Crippen LogP contribution in [0.15, 0.2) is 72.9 Å². The van der Waals surface area contributed by atoms with Crippen LogP contribution in [0.3, 0.4) is 0 Å². The number of rotatable bonds is 3. The van der Waals surface area contributed by atoms with E-state index in [1.807, 2.05) is 10.9 Å². The fraction of sp³-hybridized carbons (Fsp3) is 0.269. The first-order valence-corrected chi connectivity index (χ1v) is 10.6. The molecular formula is C26H24FN3. The third-order valence-electron chi connectivity index (χ3n) is 7.20. The summed E-state index contributed by atoms with van der Waals surface area (Å²) in [5.74, 6) is 1.01. The smallest absolute Gasteiger partial charge is 0.123 e. The Morgan fingerprint density at radius 3 is 2.57 bits per heavy atom. The van der Waals surface area contributed by atoms with Crippen LogP contribution in [0.5, 0.6) is 0 Å². The predicted octanol–water partition coefficient (Wildman–Crippen LogP) is 5.07. The summed E-state index contributed by atoms with van der Waals surface area (Å²) >= 11 is 0. The van der Waals surface area contributed by atoms with Gasteiger partial charge in [0.05, 0.1) is 17.4 Å². The second-order valence-corrected chi connectivity index (χ2v) is 8.99. The largest absolute Gasteiger partial charge is 0.305 e. The molecule has 4 heteroatoms. The average molecular weight is 397 g/mol. The molecule has 6 rings (SSSR count). The molecule has 150 valence electrons. The van der Waals surface area contributed by atoms with Crippen LogP contribution in [-0.4, -0.2) is 34.8 Å². The van der Waals surface area contributed by atoms with Gasteiger partial charge in [0.25, 0.3) is 0 Å². The standard InChI is InChI=1S/C26H24FN3/c1-17-12-24-19(14-28-30(24)21-10-8-20(27)9-11-21)13-22(17)26-16-29(2)15-23(26)25(26)18-6-4-3-5-7-18/h3-14,23,25H,15-16H2,1-2H3/t23-,25-,26+/m0/s1. The van der Waals surface area contributed by atoms with E-state index in [0.29, 0.717) is 11.8 Å². The van der Waals surface area contributed by atoms with Crippen molar-refractivity contribution in [2.45, 2.75) is 18.3 Å². The minimum absolute atomic E-state index is 0.187. The van der Waals surface area contributed by atoms with Gasteiger partial charge in [-0.1, -0.05) is 30.3 Å². The molecule has 3 atom stereocenters. The zero-order chi connectivity index (χ0) is 20.5. The quantitative estimate of drug-likeness (QED) is 0.481. The normalized spacial score (nSPS) is 25.6. The zero-order valence-corrected chi connectivity index (χ0v) is 17.2. The van der Waals surface area contributed by atoms with E-state index in [-0.39, 0.29) is 11.2 Å². The van der Waals surface area contributed by atoms with Crippen LogP contribution in [0.1, 0.15) is 22.6 Å². The van der Waals surface area contributed by atoms with E-state index >= 15 is 0 Å². The van der Waals surface area contributed by atoms with Gasteiger partial charge in [-0.15, -0.1) is 0 Å². The van der Waals surface area contributed by atoms with E-state index < -0.39 is 0 Å². The van der Waals surface area contributed by atoms with E-state index in [9.17, 15) is 4.39 Å². The molecular weight excluding hydrogens is 373 g/mol. The molecule has 2 heterocycles. The Kier molecular flexibility index (Phi) is 3.72. The number of hydrogen-bond donors (Lipinski definition) is 0. The fourth-order valence-corrected chi connectivity index (χ4v) is 5.96. The number of nitrogens with zero attached hydrogens (tertiary/aromatic N) is 3. The van der Waals surface area contributed by atoms with Crippen molar-refractivity contribution in [1.82, 2.24) is 14.7 Å². The first-order chi connectivity index (χ1) is 14.6. The van der Waals surface area contributed by atoms with Gasteiger partial charge in [0.15, 0.2) is 0 Å². The Morgan fingerprint density at radius 1 is 1.03 bits per heavy atom. The first-order valence-electron chi connectivity index (χ1n) is 10.6. The third-order valence-corrected chi connectivity index (χ3v) is 7.20. The lowest BCUT2D eigenvalue weighted by molar-refractivity contribution is 0.352. The molecule has 1 saturated carbocycles. The van der Waals surface area contributed by atoms with E-state index in [1.54, 1.807) is 12.1 Å². The topological polar surface area (TPSA) is 21.1 Å². The Balaban J connectivity index is 1.47. The van der Waals surface area contributed by atoms with Gasteiger partial charge in [0, 0.05) is 29.8 Å². The maximum absolute atomic E-state index is 13.4. The highest BCUT2D eigenvalue weighted by Gasteiger charge is 2.69. The number of fused-ring (bicyclic) bond motifs is 2. The number of aromatic nitrogens is 2. The molecule has 3 aromatic carbocycles. The summed E-state index contributed by atoms with van der Waals surface area (Å²) in [6.45, 7) is 4.46. The van der Waals surface area contributed by atoms with Crippen molar-refractivity contribution in [3.05, 3.63) is 95.4 Å². The van der Waals surface area contributed by atoms with Crippen molar-refractivity contribution in [3.8, 4) is 5.69 Å². The lowest BCUT2D eigenvalue weighted by Crippen LogP contribution is -2.25. The summed E-state index contributed by atoms with van der Waals surface area (Å²) in [5.41, 5.74) is 6.36. The van der Waals surface area contributed by atoms with Crippen molar-refractivity contribution >= 4 is 10.9 Å². The Bertz CT molecular complexity index is 1240. The minimum atomic E-state index is -0.232. The molecule has 1 aliphatic heterocycles. The van der Waals surface area contributed by atoms with E-state index in [2.05, 4.69) is 66.4 Å². The van der Waals surface area contributed by atoms with Crippen LogP contribution in [0.25, 0.3) is 16.6 Å². The van der Waals surface area contributed by atoms with Gasteiger partial charge in [-0.2, -0.15) is 5.10 Å². The monoisotopic (exact) mass is 397 g/mol. The molecule has 0 spiro atoms. The van der Waals surface area contributed by atoms with Crippen LogP contribution in [-0.2, 0) is 5.41 Å². The maximum Gasteiger partial charge on any atom is 0.123 e. The summed E-state index contributed by atoms with van der Waals surface area (Å²) in [7, 11) is 2.23. The van der Waals surface area contributed by atoms with E-state index in [0.717, 1.165) is 29.7 Å². The van der Waals surface area contributed by atoms with Crippen molar-refractivity contribution in [3.63, 3.8) is 0 Å². The second kappa shape index (κ2) is 6.26. The van der Waals surface area contributed by atoms with Crippen LogP contribution in [0, 0.1) is 18.7 Å². The molecule has 2 fully saturated rings. The van der Waals surface area contributed by atoms with Gasteiger partial charge < -0.3 is 4.90 Å². The van der Waals surface area contributed by atoms with Crippen LogP contribution in [0.4, 0.5) is 4.39 Å². The summed E-state index contributed by atoms with van der Waals surface area (Å²) in [5, 5.41) is 5.76. The van der Waals surface area contributed by atoms with Gasteiger partial charge in [-0.25, -0.2) is 9.07 Å². The molecule has 30 heavy (non-hydrogen) atoms. The molecule has 4 aromatic rings. The van der Waals surface area contributed by atoms with Crippen molar-refractivity contribution in [1.29, 1.82) is 0 Å². The highest BCUT2D eigenvalue weighted by molar-refractivity contribution is 5.83. The van der Waals surface area contributed by atoms with Crippen molar-refractivity contribution in [2.24, 2.45) is 5.92 Å². The molecule has 3 nitrogen and oxygen atoms in total. The first kappa shape index (κ1) is 17.8. The van der Waals surface area contributed by atoms with Crippen molar-refractivity contribution < 1.29 is 4.39 Å². The summed E-state index contributed by atoms with van der Waals surface area (Å²) in [6.07, 6.45) is 1.94. The molecule has 1 aromatic heterocycles. The van der Waals surface area contributed by atoms with Gasteiger partial charge >= 0.3 is 0 Å². The number of halogens is 1. The number of benzene rings is 3. The highest BCUT2D eigenvalue weighted by Crippen LogP contribution is 2.69. The molecule has 2 aliphatic rings. The van der Waals surface area contributed by atoms with Crippen molar-refractivity contribution in [2.75, 3.05) is 20.1 Å². The number of aryl methyl sites for hydroxylation is 1. The Morgan fingerprint density at radius 2 is 1.80 bits per heavy atom. The lowest BCUT2D eigenvalue weighted by atomic mass is 9.86. The Labute approximate surface area is 175 Å². The molecule has 0 radical (unpaired) electrons. The van der Waals surface area contributed by atoms with E-state index in [4.69, 9.17) is 0 Å². The average Bonchev–Trinajstić information content (AvgIpc) is 3.02. The molecule has 1 aliphatic carbocycles. The fourth-order valence-electron chi connectivity index (χ4n) is 5.96. The summed E-state index contributed by atoms with van der Waals surface area (Å²) in [6, 6.07) is 22.1. The van der Waals surface area contributed by atoms with Gasteiger partial charge in [-0.05, 0) is 73.0 Å². The lowest BCUT2D eigenvalue weighted by Gasteiger charge is -2.23. The number of likely N-dealkylation sites (tertiary alicyclic amines) is 1. The molecule has 1 saturated heterocycles. The highest BCUT2D eigenvalue weighted by atomic mass is 19.1. The molecule has 0 amide bonds. The van der Waals surface area contributed by atoms with Gasteiger partial charge in [0.1, 0.15) is 5.82 Å². The Hall–Kier alpha value is -2.98. The number of piperidine rings is 1. The maximum atomic E-state index is 13.4.